The minimum Gasteiger partial charge on any atom is -0.339 e. The lowest BCUT2D eigenvalue weighted by molar-refractivity contribution is -0.121. The Kier molecular flexibility index (Phi) is 3.02. The first kappa shape index (κ1) is 10.2. The van der Waals surface area contributed by atoms with Crippen molar-refractivity contribution >= 4 is 6.41 Å². The topological polar surface area (TPSA) is 32.3 Å². The maximum atomic E-state index is 10.8. The molecule has 1 aliphatic rings. The van der Waals surface area contributed by atoms with Crippen molar-refractivity contribution in [3.8, 4) is 0 Å². The van der Waals surface area contributed by atoms with E-state index in [0.717, 1.165) is 19.5 Å². The maximum absolute atomic E-state index is 10.8. The Balaban J connectivity index is 2.09. The molecule has 1 amide bonds. The summed E-state index contributed by atoms with van der Waals surface area (Å²) in [5.41, 5.74) is 1.25. The number of rotatable bonds is 2. The minimum absolute atomic E-state index is 0.271. The molecule has 0 saturated carbocycles. The number of hydrogen-bond donors (Lipinski definition) is 1. The zero-order valence-electron chi connectivity index (χ0n) is 8.89. The van der Waals surface area contributed by atoms with Gasteiger partial charge in [0.05, 0.1) is 0 Å². The smallest absolute Gasteiger partial charge is 0.210 e. The van der Waals surface area contributed by atoms with Crippen LogP contribution in [0, 0.1) is 0 Å². The average Bonchev–Trinajstić information content (AvgIpc) is 2.31. The van der Waals surface area contributed by atoms with Crippen molar-refractivity contribution in [2.75, 3.05) is 13.1 Å². The first-order valence-corrected chi connectivity index (χ1v) is 5.30. The van der Waals surface area contributed by atoms with Crippen LogP contribution in [-0.4, -0.2) is 30.4 Å². The third kappa shape index (κ3) is 2.18. The summed E-state index contributed by atoms with van der Waals surface area (Å²) < 4.78 is 0. The molecule has 2 rings (SSSR count). The molecule has 1 aromatic carbocycles. The molecule has 3 heteroatoms. The molecule has 0 unspecified atom stereocenters. The van der Waals surface area contributed by atoms with Crippen LogP contribution in [0.5, 0.6) is 0 Å². The van der Waals surface area contributed by atoms with Gasteiger partial charge in [-0.25, -0.2) is 0 Å². The zero-order chi connectivity index (χ0) is 10.7. The van der Waals surface area contributed by atoms with E-state index in [0.29, 0.717) is 6.04 Å². The second-order valence-corrected chi connectivity index (χ2v) is 4.02. The molecule has 1 heterocycles. The molecule has 1 aliphatic heterocycles. The molecule has 1 N–H and O–H groups in total. The summed E-state index contributed by atoms with van der Waals surface area (Å²) in [5.74, 6) is 0. The molecule has 1 fully saturated rings. The second kappa shape index (κ2) is 4.45. The molecule has 2 atom stereocenters. The van der Waals surface area contributed by atoms with Gasteiger partial charge in [-0.3, -0.25) is 4.79 Å². The lowest BCUT2D eigenvalue weighted by Crippen LogP contribution is -2.50. The fourth-order valence-corrected chi connectivity index (χ4v) is 1.94. The van der Waals surface area contributed by atoms with Crippen molar-refractivity contribution in [1.29, 1.82) is 0 Å². The summed E-state index contributed by atoms with van der Waals surface area (Å²) in [6.45, 7) is 3.68. The number of carbonyl (C=O) groups excluding carboxylic acids is 1. The van der Waals surface area contributed by atoms with Gasteiger partial charge >= 0.3 is 0 Å². The lowest BCUT2D eigenvalue weighted by atomic mass is 10.0. The standard InChI is InChI=1S/C12H16N2O/c1-10-7-13-12(8-14(10)9-15)11-5-3-2-4-6-11/h2-6,9-10,12-13H,7-8H2,1H3/t10-,12-/m0/s1. The van der Waals surface area contributed by atoms with E-state index in [-0.39, 0.29) is 6.04 Å². The van der Waals surface area contributed by atoms with Crippen LogP contribution in [0.1, 0.15) is 18.5 Å². The van der Waals surface area contributed by atoms with Gasteiger partial charge in [-0.15, -0.1) is 0 Å². The predicted molar refractivity (Wildman–Crippen MR) is 59.4 cm³/mol. The highest BCUT2D eigenvalue weighted by atomic mass is 16.1. The first-order chi connectivity index (χ1) is 7.31. The van der Waals surface area contributed by atoms with Gasteiger partial charge in [0, 0.05) is 25.2 Å². The summed E-state index contributed by atoms with van der Waals surface area (Å²) in [6.07, 6.45) is 0.946. The van der Waals surface area contributed by atoms with Crippen molar-refractivity contribution in [2.45, 2.75) is 19.0 Å². The summed E-state index contributed by atoms with van der Waals surface area (Å²) in [4.78, 5) is 12.7. The van der Waals surface area contributed by atoms with Crippen LogP contribution in [-0.2, 0) is 4.79 Å². The number of nitrogens with zero attached hydrogens (tertiary/aromatic N) is 1. The summed E-state index contributed by atoms with van der Waals surface area (Å²) >= 11 is 0. The van der Waals surface area contributed by atoms with Gasteiger partial charge in [-0.1, -0.05) is 30.3 Å². The number of nitrogens with one attached hydrogen (secondary N) is 1. The number of benzene rings is 1. The van der Waals surface area contributed by atoms with E-state index in [1.54, 1.807) is 0 Å². The van der Waals surface area contributed by atoms with Crippen LogP contribution in [0.2, 0.25) is 0 Å². The SMILES string of the molecule is C[C@H]1CN[C@H](c2ccccc2)CN1C=O. The summed E-state index contributed by atoms with van der Waals surface area (Å²) in [7, 11) is 0. The Morgan fingerprint density at radius 2 is 2.13 bits per heavy atom. The molecular weight excluding hydrogens is 188 g/mol. The molecule has 0 radical (unpaired) electrons. The van der Waals surface area contributed by atoms with Gasteiger partial charge in [0.15, 0.2) is 0 Å². The van der Waals surface area contributed by atoms with Gasteiger partial charge < -0.3 is 10.2 Å². The van der Waals surface area contributed by atoms with Gasteiger partial charge in [0.25, 0.3) is 0 Å². The maximum Gasteiger partial charge on any atom is 0.210 e. The van der Waals surface area contributed by atoms with Crippen molar-refractivity contribution in [2.24, 2.45) is 0 Å². The zero-order valence-corrected chi connectivity index (χ0v) is 8.89. The third-order valence-electron chi connectivity index (χ3n) is 2.96. The lowest BCUT2D eigenvalue weighted by Gasteiger charge is -2.36. The monoisotopic (exact) mass is 204 g/mol. The predicted octanol–water partition coefficient (Wildman–Crippen LogP) is 1.18. The van der Waals surface area contributed by atoms with Gasteiger partial charge in [0.2, 0.25) is 6.41 Å². The van der Waals surface area contributed by atoms with E-state index in [4.69, 9.17) is 0 Å². The van der Waals surface area contributed by atoms with E-state index < -0.39 is 0 Å². The van der Waals surface area contributed by atoms with Crippen LogP contribution >= 0.6 is 0 Å². The normalized spacial score (nSPS) is 26.3. The van der Waals surface area contributed by atoms with Crippen molar-refractivity contribution < 1.29 is 4.79 Å². The number of piperazine rings is 1. The Morgan fingerprint density at radius 1 is 1.40 bits per heavy atom. The number of amides is 1. The molecule has 15 heavy (non-hydrogen) atoms. The second-order valence-electron chi connectivity index (χ2n) is 4.02. The summed E-state index contributed by atoms with van der Waals surface area (Å²) in [5, 5.41) is 3.45. The quantitative estimate of drug-likeness (QED) is 0.734. The molecular formula is C12H16N2O. The van der Waals surface area contributed by atoms with Crippen LogP contribution in [0.25, 0.3) is 0 Å². The summed E-state index contributed by atoms with van der Waals surface area (Å²) in [6, 6.07) is 10.8. The third-order valence-corrected chi connectivity index (χ3v) is 2.96. The molecule has 80 valence electrons. The van der Waals surface area contributed by atoms with Crippen LogP contribution in [0.15, 0.2) is 30.3 Å². The molecule has 0 aliphatic carbocycles. The molecule has 3 nitrogen and oxygen atoms in total. The minimum atomic E-state index is 0.271. The first-order valence-electron chi connectivity index (χ1n) is 5.30. The Bertz CT molecular complexity index is 326. The van der Waals surface area contributed by atoms with Crippen LogP contribution in [0.4, 0.5) is 0 Å². The van der Waals surface area contributed by atoms with Crippen molar-refractivity contribution in [1.82, 2.24) is 10.2 Å². The van der Waals surface area contributed by atoms with Gasteiger partial charge in [0.1, 0.15) is 0 Å². The molecule has 0 spiro atoms. The van der Waals surface area contributed by atoms with Crippen molar-refractivity contribution in [3.63, 3.8) is 0 Å². The Morgan fingerprint density at radius 3 is 2.80 bits per heavy atom. The highest BCUT2D eigenvalue weighted by molar-refractivity contribution is 5.48. The Hall–Kier alpha value is -1.35. The van der Waals surface area contributed by atoms with Crippen LogP contribution < -0.4 is 5.32 Å². The average molecular weight is 204 g/mol. The number of carbonyl (C=O) groups is 1. The van der Waals surface area contributed by atoms with E-state index in [1.165, 1.54) is 5.56 Å². The van der Waals surface area contributed by atoms with Gasteiger partial charge in [-0.05, 0) is 12.5 Å². The van der Waals surface area contributed by atoms with E-state index in [2.05, 4.69) is 24.4 Å². The fourth-order valence-electron chi connectivity index (χ4n) is 1.94. The van der Waals surface area contributed by atoms with Crippen LogP contribution in [0.3, 0.4) is 0 Å². The molecule has 0 aromatic heterocycles. The van der Waals surface area contributed by atoms with E-state index >= 15 is 0 Å². The molecule has 1 aromatic rings. The largest absolute Gasteiger partial charge is 0.339 e. The number of hydrogen-bond acceptors (Lipinski definition) is 2. The van der Waals surface area contributed by atoms with Crippen molar-refractivity contribution in [3.05, 3.63) is 35.9 Å². The molecule has 1 saturated heterocycles. The fraction of sp³-hybridized carbons (Fsp3) is 0.417. The molecule has 0 bridgehead atoms. The van der Waals surface area contributed by atoms with Gasteiger partial charge in [-0.2, -0.15) is 0 Å². The Labute approximate surface area is 90.1 Å². The highest BCUT2D eigenvalue weighted by Gasteiger charge is 2.24. The van der Waals surface area contributed by atoms with E-state index in [9.17, 15) is 4.79 Å². The highest BCUT2D eigenvalue weighted by Crippen LogP contribution is 2.18. The van der Waals surface area contributed by atoms with E-state index in [1.807, 2.05) is 23.1 Å².